The van der Waals surface area contributed by atoms with Crippen molar-refractivity contribution in [2.45, 2.75) is 12.5 Å². The maximum Gasteiger partial charge on any atom is 0.326 e. The molecule has 0 aliphatic heterocycles. The Hall–Kier alpha value is -2.09. The Bertz CT molecular complexity index is 506. The summed E-state index contributed by atoms with van der Waals surface area (Å²) in [5, 5.41) is 21.8. The normalized spacial score (nSPS) is 11.4. The average Bonchev–Trinajstić information content (AvgIpc) is 2.27. The van der Waals surface area contributed by atoms with Gasteiger partial charge in [0.15, 0.2) is 0 Å². The Balaban J connectivity index is 2.62. The highest BCUT2D eigenvalue weighted by atomic mass is 79.9. The number of nitrogens with one attached hydrogen (secondary N) is 2. The number of anilines is 1. The van der Waals surface area contributed by atoms with Crippen molar-refractivity contribution in [2.75, 3.05) is 5.32 Å². The Labute approximate surface area is 116 Å². The molecule has 8 heteroatoms. The van der Waals surface area contributed by atoms with E-state index in [1.165, 1.54) is 0 Å². The van der Waals surface area contributed by atoms with Gasteiger partial charge in [0.25, 0.3) is 0 Å². The predicted octanol–water partition coefficient (Wildman–Crippen LogP) is 1.50. The molecule has 19 heavy (non-hydrogen) atoms. The molecule has 2 amide bonds. The number of hydrogen-bond donors (Lipinski definition) is 4. The monoisotopic (exact) mass is 330 g/mol. The van der Waals surface area contributed by atoms with Crippen LogP contribution >= 0.6 is 15.9 Å². The number of carbonyl (C=O) groups is 3. The summed E-state index contributed by atoms with van der Waals surface area (Å²) < 4.78 is 0.741. The van der Waals surface area contributed by atoms with Crippen LogP contribution in [-0.2, 0) is 9.59 Å². The number of carbonyl (C=O) groups excluding carboxylic acids is 1. The van der Waals surface area contributed by atoms with Crippen LogP contribution in [0.25, 0.3) is 0 Å². The van der Waals surface area contributed by atoms with E-state index in [-0.39, 0.29) is 0 Å². The molecule has 0 radical (unpaired) electrons. The van der Waals surface area contributed by atoms with Gasteiger partial charge in [-0.3, -0.25) is 4.79 Å². The van der Waals surface area contributed by atoms with Gasteiger partial charge in [-0.25, -0.2) is 9.59 Å². The second-order valence-corrected chi connectivity index (χ2v) is 4.51. The Morgan fingerprint density at radius 2 is 1.95 bits per heavy atom. The van der Waals surface area contributed by atoms with Gasteiger partial charge in [-0.1, -0.05) is 22.0 Å². The number of amides is 2. The zero-order chi connectivity index (χ0) is 14.4. The number of carboxylic acids is 2. The topological polar surface area (TPSA) is 116 Å². The van der Waals surface area contributed by atoms with E-state index in [2.05, 4.69) is 26.6 Å². The molecule has 0 aromatic heterocycles. The summed E-state index contributed by atoms with van der Waals surface area (Å²) in [5.74, 6) is -2.72. The molecular weight excluding hydrogens is 320 g/mol. The lowest BCUT2D eigenvalue weighted by atomic mass is 10.2. The van der Waals surface area contributed by atoms with Crippen LogP contribution in [0.5, 0.6) is 0 Å². The summed E-state index contributed by atoms with van der Waals surface area (Å²) in [6.45, 7) is 0. The quantitative estimate of drug-likeness (QED) is 0.652. The number of benzene rings is 1. The predicted molar refractivity (Wildman–Crippen MR) is 70.0 cm³/mol. The lowest BCUT2D eigenvalue weighted by molar-refractivity contribution is -0.145. The van der Waals surface area contributed by atoms with Gasteiger partial charge in [-0.15, -0.1) is 0 Å². The maximum absolute atomic E-state index is 11.5. The second kappa shape index (κ2) is 6.74. The fraction of sp³-hybridized carbons (Fsp3) is 0.182. The van der Waals surface area contributed by atoms with E-state index in [4.69, 9.17) is 10.2 Å². The van der Waals surface area contributed by atoms with Gasteiger partial charge < -0.3 is 20.8 Å². The first kappa shape index (κ1) is 15.0. The minimum Gasteiger partial charge on any atom is -0.481 e. The molecule has 0 spiro atoms. The van der Waals surface area contributed by atoms with E-state index in [0.717, 1.165) is 4.47 Å². The first-order valence-electron chi connectivity index (χ1n) is 5.16. The summed E-state index contributed by atoms with van der Waals surface area (Å²) in [6, 6.07) is 4.40. The summed E-state index contributed by atoms with van der Waals surface area (Å²) >= 11 is 3.22. The second-order valence-electron chi connectivity index (χ2n) is 3.60. The lowest BCUT2D eigenvalue weighted by Gasteiger charge is -2.13. The third-order valence-corrected chi connectivity index (χ3v) is 2.56. The molecule has 1 atom stereocenters. The maximum atomic E-state index is 11.5. The molecule has 7 nitrogen and oxygen atoms in total. The molecule has 1 rings (SSSR count). The van der Waals surface area contributed by atoms with Crippen molar-refractivity contribution in [1.82, 2.24) is 5.32 Å². The van der Waals surface area contributed by atoms with Crippen LogP contribution < -0.4 is 10.6 Å². The number of halogens is 1. The van der Waals surface area contributed by atoms with Gasteiger partial charge in [-0.2, -0.15) is 0 Å². The van der Waals surface area contributed by atoms with Crippen LogP contribution in [0.4, 0.5) is 10.5 Å². The summed E-state index contributed by atoms with van der Waals surface area (Å²) in [6.07, 6.45) is -0.693. The molecule has 0 bridgehead atoms. The van der Waals surface area contributed by atoms with E-state index >= 15 is 0 Å². The fourth-order valence-corrected chi connectivity index (χ4v) is 1.67. The van der Waals surface area contributed by atoms with Crippen molar-refractivity contribution in [1.29, 1.82) is 0 Å². The molecule has 0 fully saturated rings. The molecule has 1 aromatic carbocycles. The van der Waals surface area contributed by atoms with Crippen LogP contribution in [0, 0.1) is 0 Å². The van der Waals surface area contributed by atoms with Crippen molar-refractivity contribution in [3.8, 4) is 0 Å². The van der Waals surface area contributed by atoms with E-state index in [9.17, 15) is 14.4 Å². The van der Waals surface area contributed by atoms with Gasteiger partial charge in [0.05, 0.1) is 6.42 Å². The molecule has 1 aromatic rings. The molecule has 0 heterocycles. The lowest BCUT2D eigenvalue weighted by Crippen LogP contribution is -2.44. The third-order valence-electron chi connectivity index (χ3n) is 2.06. The van der Waals surface area contributed by atoms with Crippen molar-refractivity contribution in [3.63, 3.8) is 0 Å². The van der Waals surface area contributed by atoms with Crippen LogP contribution in [0.2, 0.25) is 0 Å². The van der Waals surface area contributed by atoms with Crippen molar-refractivity contribution in [3.05, 3.63) is 28.7 Å². The standard InChI is InChI=1S/C11H11BrN2O5/c12-6-2-1-3-7(4-6)13-11(19)14-8(10(17)18)5-9(15)16/h1-4,8H,5H2,(H,15,16)(H,17,18)(H2,13,14,19)/t8-/m1/s1. The highest BCUT2D eigenvalue weighted by Gasteiger charge is 2.22. The van der Waals surface area contributed by atoms with E-state index in [0.29, 0.717) is 5.69 Å². The van der Waals surface area contributed by atoms with E-state index in [1.54, 1.807) is 24.3 Å². The minimum absolute atomic E-state index is 0.450. The van der Waals surface area contributed by atoms with Crippen molar-refractivity contribution in [2.24, 2.45) is 0 Å². The van der Waals surface area contributed by atoms with E-state index < -0.39 is 30.4 Å². The van der Waals surface area contributed by atoms with E-state index in [1.807, 2.05) is 0 Å². The summed E-state index contributed by atoms with van der Waals surface area (Å²) in [4.78, 5) is 32.7. The molecule has 4 N–H and O–H groups in total. The van der Waals surface area contributed by atoms with Gasteiger partial charge in [0.2, 0.25) is 0 Å². The Morgan fingerprint density at radius 1 is 1.26 bits per heavy atom. The van der Waals surface area contributed by atoms with Crippen LogP contribution in [-0.4, -0.2) is 34.2 Å². The zero-order valence-corrected chi connectivity index (χ0v) is 11.2. The first-order valence-corrected chi connectivity index (χ1v) is 5.95. The average molecular weight is 331 g/mol. The third kappa shape index (κ3) is 5.38. The van der Waals surface area contributed by atoms with Gasteiger partial charge >= 0.3 is 18.0 Å². The van der Waals surface area contributed by atoms with Crippen molar-refractivity contribution < 1.29 is 24.6 Å². The number of urea groups is 1. The van der Waals surface area contributed by atoms with Gasteiger partial charge in [0, 0.05) is 10.2 Å². The van der Waals surface area contributed by atoms with Gasteiger partial charge in [0.1, 0.15) is 6.04 Å². The van der Waals surface area contributed by atoms with Gasteiger partial charge in [-0.05, 0) is 18.2 Å². The highest BCUT2D eigenvalue weighted by Crippen LogP contribution is 2.15. The number of aliphatic carboxylic acids is 2. The molecule has 102 valence electrons. The molecule has 0 unspecified atom stereocenters. The Morgan fingerprint density at radius 3 is 2.47 bits per heavy atom. The Kier molecular flexibility index (Phi) is 5.31. The largest absolute Gasteiger partial charge is 0.481 e. The molecule has 0 saturated carbocycles. The number of carboxylic acid groups (broad SMARTS) is 2. The minimum atomic E-state index is -1.48. The zero-order valence-electron chi connectivity index (χ0n) is 9.59. The number of hydrogen-bond acceptors (Lipinski definition) is 3. The van der Waals surface area contributed by atoms with Crippen molar-refractivity contribution >= 4 is 39.6 Å². The smallest absolute Gasteiger partial charge is 0.326 e. The SMILES string of the molecule is O=C(O)C[C@@H](NC(=O)Nc1cccc(Br)c1)C(=O)O. The first-order chi connectivity index (χ1) is 8.88. The molecular formula is C11H11BrN2O5. The fourth-order valence-electron chi connectivity index (χ4n) is 1.27. The highest BCUT2D eigenvalue weighted by molar-refractivity contribution is 9.10. The summed E-state index contributed by atoms with van der Waals surface area (Å²) in [7, 11) is 0. The molecule has 0 saturated heterocycles. The summed E-state index contributed by atoms with van der Waals surface area (Å²) in [5.41, 5.74) is 0.450. The molecule has 0 aliphatic rings. The van der Waals surface area contributed by atoms with Crippen LogP contribution in [0.15, 0.2) is 28.7 Å². The number of rotatable bonds is 5. The van der Waals surface area contributed by atoms with Crippen LogP contribution in [0.3, 0.4) is 0 Å². The van der Waals surface area contributed by atoms with Crippen LogP contribution in [0.1, 0.15) is 6.42 Å². The molecule has 0 aliphatic carbocycles.